The molecule has 0 aliphatic carbocycles. The SMILES string of the molecule is COc1cc(Nc2nc(N[C@@H](C(N)=O)C(C)C)cnc2C(N)=O)ccn1. The molecule has 0 saturated heterocycles. The molecule has 2 heterocycles. The van der Waals surface area contributed by atoms with Crippen molar-refractivity contribution in [1.29, 1.82) is 0 Å². The number of hydrogen-bond acceptors (Lipinski definition) is 8. The molecule has 0 aromatic carbocycles. The van der Waals surface area contributed by atoms with Crippen molar-refractivity contribution in [2.75, 3.05) is 17.7 Å². The number of rotatable bonds is 8. The third-order valence-corrected chi connectivity index (χ3v) is 3.49. The highest BCUT2D eigenvalue weighted by Gasteiger charge is 2.21. The Labute approximate surface area is 150 Å². The molecule has 0 unspecified atom stereocenters. The number of primary amides is 2. The molecule has 1 atom stereocenters. The van der Waals surface area contributed by atoms with Gasteiger partial charge in [0.15, 0.2) is 11.5 Å². The van der Waals surface area contributed by atoms with Gasteiger partial charge in [-0.25, -0.2) is 15.0 Å². The van der Waals surface area contributed by atoms with Gasteiger partial charge in [-0.05, 0) is 12.0 Å². The molecule has 10 heteroatoms. The first-order valence-corrected chi connectivity index (χ1v) is 7.81. The van der Waals surface area contributed by atoms with Crippen LogP contribution < -0.4 is 26.8 Å². The standard InChI is InChI=1S/C16H21N7O3/c1-8(2)12(14(17)24)22-10-7-20-13(15(18)25)16(23-10)21-9-4-5-19-11(6-9)26-3/h4-8,12H,1-3H3,(H2,17,24)(H2,18,25)(H2,19,21,22,23)/t12-/m1/s1. The minimum atomic E-state index is -0.747. The van der Waals surface area contributed by atoms with E-state index >= 15 is 0 Å². The van der Waals surface area contributed by atoms with Crippen molar-refractivity contribution >= 4 is 29.1 Å². The van der Waals surface area contributed by atoms with E-state index in [0.29, 0.717) is 11.6 Å². The maximum Gasteiger partial charge on any atom is 0.271 e. The summed E-state index contributed by atoms with van der Waals surface area (Å²) in [5.74, 6) is -0.548. The van der Waals surface area contributed by atoms with E-state index in [1.165, 1.54) is 19.5 Å². The van der Waals surface area contributed by atoms with Crippen LogP contribution in [0.3, 0.4) is 0 Å². The lowest BCUT2D eigenvalue weighted by Crippen LogP contribution is -2.39. The van der Waals surface area contributed by atoms with Crippen molar-refractivity contribution in [3.05, 3.63) is 30.2 Å². The minimum Gasteiger partial charge on any atom is -0.481 e. The topological polar surface area (TPSA) is 158 Å². The minimum absolute atomic E-state index is 0.0495. The van der Waals surface area contributed by atoms with E-state index in [2.05, 4.69) is 25.6 Å². The van der Waals surface area contributed by atoms with Gasteiger partial charge in [0.05, 0.1) is 13.3 Å². The number of carbonyl (C=O) groups excluding carboxylic acids is 2. The number of ether oxygens (including phenoxy) is 1. The van der Waals surface area contributed by atoms with Crippen LogP contribution >= 0.6 is 0 Å². The van der Waals surface area contributed by atoms with Gasteiger partial charge in [-0.1, -0.05) is 13.8 Å². The number of methoxy groups -OCH3 is 1. The molecule has 2 amide bonds. The lowest BCUT2D eigenvalue weighted by molar-refractivity contribution is -0.119. The Morgan fingerprint density at radius 1 is 1.23 bits per heavy atom. The zero-order valence-corrected chi connectivity index (χ0v) is 14.7. The van der Waals surface area contributed by atoms with E-state index in [0.717, 1.165) is 0 Å². The summed E-state index contributed by atoms with van der Waals surface area (Å²) < 4.78 is 5.06. The van der Waals surface area contributed by atoms with Crippen molar-refractivity contribution in [2.24, 2.45) is 17.4 Å². The summed E-state index contributed by atoms with van der Waals surface area (Å²) in [5, 5.41) is 5.87. The molecule has 2 rings (SSSR count). The number of hydrogen-bond donors (Lipinski definition) is 4. The molecule has 138 valence electrons. The molecule has 0 aliphatic heterocycles. The normalized spacial score (nSPS) is 11.7. The molecule has 26 heavy (non-hydrogen) atoms. The lowest BCUT2D eigenvalue weighted by atomic mass is 10.0. The van der Waals surface area contributed by atoms with Crippen molar-refractivity contribution in [2.45, 2.75) is 19.9 Å². The van der Waals surface area contributed by atoms with Crippen LogP contribution in [0.1, 0.15) is 24.3 Å². The fraction of sp³-hybridized carbons (Fsp3) is 0.312. The molecule has 0 aliphatic rings. The van der Waals surface area contributed by atoms with Gasteiger partial charge in [0, 0.05) is 18.0 Å². The highest BCUT2D eigenvalue weighted by atomic mass is 16.5. The Kier molecular flexibility index (Phi) is 5.89. The Morgan fingerprint density at radius 3 is 2.54 bits per heavy atom. The number of pyridine rings is 1. The predicted molar refractivity (Wildman–Crippen MR) is 96.1 cm³/mol. The Morgan fingerprint density at radius 2 is 1.96 bits per heavy atom. The third-order valence-electron chi connectivity index (χ3n) is 3.49. The van der Waals surface area contributed by atoms with Gasteiger partial charge in [0.25, 0.3) is 5.91 Å². The second-order valence-electron chi connectivity index (χ2n) is 5.80. The third kappa shape index (κ3) is 4.56. The number of nitrogens with zero attached hydrogens (tertiary/aromatic N) is 3. The van der Waals surface area contributed by atoms with Crippen LogP contribution in [0.4, 0.5) is 17.3 Å². The smallest absolute Gasteiger partial charge is 0.271 e. The maximum absolute atomic E-state index is 11.6. The highest BCUT2D eigenvalue weighted by Crippen LogP contribution is 2.22. The average molecular weight is 359 g/mol. The average Bonchev–Trinajstić information content (AvgIpc) is 2.59. The van der Waals surface area contributed by atoms with Crippen molar-refractivity contribution in [1.82, 2.24) is 15.0 Å². The fourth-order valence-electron chi connectivity index (χ4n) is 2.19. The van der Waals surface area contributed by atoms with E-state index in [-0.39, 0.29) is 23.2 Å². The van der Waals surface area contributed by atoms with Crippen LogP contribution in [0.5, 0.6) is 5.88 Å². The first kappa shape index (κ1) is 18.9. The van der Waals surface area contributed by atoms with E-state index in [4.69, 9.17) is 16.2 Å². The summed E-state index contributed by atoms with van der Waals surface area (Å²) in [6.45, 7) is 3.69. The molecule has 2 aromatic heterocycles. The van der Waals surface area contributed by atoms with Gasteiger partial charge in [0.2, 0.25) is 11.8 Å². The second-order valence-corrected chi connectivity index (χ2v) is 5.80. The van der Waals surface area contributed by atoms with Gasteiger partial charge in [0.1, 0.15) is 11.9 Å². The zero-order chi connectivity index (χ0) is 19.3. The molecule has 10 nitrogen and oxygen atoms in total. The van der Waals surface area contributed by atoms with E-state index < -0.39 is 17.9 Å². The van der Waals surface area contributed by atoms with Gasteiger partial charge in [-0.15, -0.1) is 0 Å². The molecule has 2 aromatic rings. The molecule has 0 fully saturated rings. The molecule has 0 bridgehead atoms. The van der Waals surface area contributed by atoms with E-state index in [1.54, 1.807) is 12.1 Å². The summed E-state index contributed by atoms with van der Waals surface area (Å²) in [6, 6.07) is 2.64. The summed E-state index contributed by atoms with van der Waals surface area (Å²) >= 11 is 0. The zero-order valence-electron chi connectivity index (χ0n) is 14.7. The molecule has 6 N–H and O–H groups in total. The molecular weight excluding hydrogens is 338 g/mol. The van der Waals surface area contributed by atoms with Gasteiger partial charge < -0.3 is 26.8 Å². The summed E-state index contributed by atoms with van der Waals surface area (Å²) in [4.78, 5) is 35.5. The largest absolute Gasteiger partial charge is 0.481 e. The van der Waals surface area contributed by atoms with Crippen molar-refractivity contribution in [3.63, 3.8) is 0 Å². The summed E-state index contributed by atoms with van der Waals surface area (Å²) in [5.41, 5.74) is 11.3. The van der Waals surface area contributed by atoms with Crippen molar-refractivity contribution < 1.29 is 14.3 Å². The Balaban J connectivity index is 2.36. The number of nitrogens with one attached hydrogen (secondary N) is 2. The number of carbonyl (C=O) groups is 2. The maximum atomic E-state index is 11.6. The quantitative estimate of drug-likeness (QED) is 0.534. The molecular formula is C16H21N7O3. The molecule has 0 spiro atoms. The van der Waals surface area contributed by atoms with Crippen molar-refractivity contribution in [3.8, 4) is 5.88 Å². The van der Waals surface area contributed by atoms with E-state index in [9.17, 15) is 9.59 Å². The van der Waals surface area contributed by atoms with Crippen LogP contribution in [-0.4, -0.2) is 39.9 Å². The van der Waals surface area contributed by atoms with Crippen LogP contribution in [0.2, 0.25) is 0 Å². The summed E-state index contributed by atoms with van der Waals surface area (Å²) in [7, 11) is 1.49. The molecule has 0 radical (unpaired) electrons. The first-order chi connectivity index (χ1) is 12.3. The van der Waals surface area contributed by atoms with Gasteiger partial charge in [-0.2, -0.15) is 0 Å². The van der Waals surface area contributed by atoms with Gasteiger partial charge in [-0.3, -0.25) is 9.59 Å². The Bertz CT molecular complexity index is 810. The number of amides is 2. The fourth-order valence-corrected chi connectivity index (χ4v) is 2.19. The summed E-state index contributed by atoms with van der Waals surface area (Å²) in [6.07, 6.45) is 2.85. The Hall–Kier alpha value is -3.43. The number of aromatic nitrogens is 3. The van der Waals surface area contributed by atoms with Gasteiger partial charge >= 0.3 is 0 Å². The lowest BCUT2D eigenvalue weighted by Gasteiger charge is -2.20. The number of nitrogens with two attached hydrogens (primary N) is 2. The molecule has 0 saturated carbocycles. The first-order valence-electron chi connectivity index (χ1n) is 7.81. The predicted octanol–water partition coefficient (Wildman–Crippen LogP) is 0.644. The monoisotopic (exact) mass is 359 g/mol. The second kappa shape index (κ2) is 8.10. The van der Waals surface area contributed by atoms with Crippen LogP contribution in [0.15, 0.2) is 24.5 Å². The van der Waals surface area contributed by atoms with Crippen LogP contribution in [-0.2, 0) is 4.79 Å². The van der Waals surface area contributed by atoms with Crippen LogP contribution in [0, 0.1) is 5.92 Å². The number of anilines is 3. The highest BCUT2D eigenvalue weighted by molar-refractivity contribution is 5.96. The van der Waals surface area contributed by atoms with Crippen LogP contribution in [0.25, 0.3) is 0 Å². The van der Waals surface area contributed by atoms with E-state index in [1.807, 2.05) is 13.8 Å².